The third-order valence-electron chi connectivity index (χ3n) is 7.64. The number of anilines is 1. The van der Waals surface area contributed by atoms with Gasteiger partial charge in [0, 0.05) is 28.5 Å². The van der Waals surface area contributed by atoms with Crippen LogP contribution in [0.5, 0.6) is 0 Å². The van der Waals surface area contributed by atoms with E-state index in [1.165, 1.54) is 25.3 Å². The summed E-state index contributed by atoms with van der Waals surface area (Å²) in [4.78, 5) is 32.0. The van der Waals surface area contributed by atoms with Gasteiger partial charge in [0.15, 0.2) is 0 Å². The normalized spacial score (nSPS) is 14.2. The van der Waals surface area contributed by atoms with E-state index < -0.39 is 17.8 Å². The molecule has 0 aliphatic carbocycles. The molecule has 4 aromatic rings. The van der Waals surface area contributed by atoms with Crippen LogP contribution in [0.2, 0.25) is 0 Å². The van der Waals surface area contributed by atoms with Gasteiger partial charge in [-0.2, -0.15) is 18.3 Å². The second-order valence-corrected chi connectivity index (χ2v) is 11.6. The highest BCUT2D eigenvalue weighted by Gasteiger charge is 2.34. The number of pyridine rings is 1. The van der Waals surface area contributed by atoms with Gasteiger partial charge in [0.1, 0.15) is 5.69 Å². The summed E-state index contributed by atoms with van der Waals surface area (Å²) >= 11 is 3.32. The number of carbonyl (C=O) groups is 2. The predicted octanol–water partition coefficient (Wildman–Crippen LogP) is 6.35. The van der Waals surface area contributed by atoms with Crippen molar-refractivity contribution < 1.29 is 22.8 Å². The maximum atomic E-state index is 13.6. The summed E-state index contributed by atoms with van der Waals surface area (Å²) in [6.07, 6.45) is -1.02. The van der Waals surface area contributed by atoms with Crippen LogP contribution in [0.4, 0.5) is 18.9 Å². The monoisotopic (exact) mass is 656 g/mol. The summed E-state index contributed by atoms with van der Waals surface area (Å²) in [6.45, 7) is 7.49. The van der Waals surface area contributed by atoms with Crippen molar-refractivity contribution in [2.24, 2.45) is 0 Å². The van der Waals surface area contributed by atoms with E-state index in [9.17, 15) is 22.8 Å². The maximum Gasteiger partial charge on any atom is 0.433 e. The van der Waals surface area contributed by atoms with Crippen LogP contribution >= 0.6 is 15.9 Å². The molecule has 0 saturated carbocycles. The van der Waals surface area contributed by atoms with E-state index in [1.54, 1.807) is 42.8 Å². The highest BCUT2D eigenvalue weighted by atomic mass is 79.9. The molecule has 2 amide bonds. The molecule has 2 aromatic heterocycles. The Labute approximate surface area is 255 Å². The smallest absolute Gasteiger partial charge is 0.351 e. The Kier molecular flexibility index (Phi) is 9.16. The lowest BCUT2D eigenvalue weighted by atomic mass is 10.1. The van der Waals surface area contributed by atoms with Crippen molar-refractivity contribution in [3.05, 3.63) is 86.8 Å². The van der Waals surface area contributed by atoms with Crippen molar-refractivity contribution in [3.8, 4) is 0 Å². The number of halogens is 4. The highest BCUT2D eigenvalue weighted by Crippen LogP contribution is 2.33. The number of benzene rings is 2. The number of alkyl halides is 3. The molecule has 8 nitrogen and oxygen atoms in total. The lowest BCUT2D eigenvalue weighted by Gasteiger charge is -2.26. The summed E-state index contributed by atoms with van der Waals surface area (Å²) < 4.78 is 43.0. The Bertz CT molecular complexity index is 1650. The van der Waals surface area contributed by atoms with Gasteiger partial charge in [0.2, 0.25) is 0 Å². The third-order valence-corrected chi connectivity index (χ3v) is 8.13. The third kappa shape index (κ3) is 7.24. The molecule has 3 heterocycles. The zero-order valence-electron chi connectivity index (χ0n) is 23.9. The second-order valence-electron chi connectivity index (χ2n) is 10.7. The average Bonchev–Trinajstić information content (AvgIpc) is 3.24. The summed E-state index contributed by atoms with van der Waals surface area (Å²) in [6, 6.07) is 12.6. The van der Waals surface area contributed by atoms with Crippen LogP contribution in [0, 0.1) is 13.8 Å². The van der Waals surface area contributed by atoms with E-state index in [0.29, 0.717) is 40.2 Å². The molecule has 43 heavy (non-hydrogen) atoms. The lowest BCUT2D eigenvalue weighted by molar-refractivity contribution is -0.141. The van der Waals surface area contributed by atoms with Crippen LogP contribution in [0.3, 0.4) is 0 Å². The molecule has 0 spiro atoms. The molecule has 12 heteroatoms. The maximum absolute atomic E-state index is 13.6. The van der Waals surface area contributed by atoms with E-state index in [-0.39, 0.29) is 22.4 Å². The first-order chi connectivity index (χ1) is 20.5. The van der Waals surface area contributed by atoms with Gasteiger partial charge < -0.3 is 15.5 Å². The summed E-state index contributed by atoms with van der Waals surface area (Å²) in [5, 5.41) is 10.6. The molecular formula is C31H32BrF3N6O2. The summed E-state index contributed by atoms with van der Waals surface area (Å²) in [5.41, 5.74) is 1.82. The summed E-state index contributed by atoms with van der Waals surface area (Å²) in [7, 11) is 0. The fourth-order valence-electron chi connectivity index (χ4n) is 5.29. The second kappa shape index (κ2) is 12.8. The van der Waals surface area contributed by atoms with E-state index in [0.717, 1.165) is 31.3 Å². The standard InChI is InChI=1S/C31H32BrF3N6O2/c1-19-28(38-30(43)25-17-27(31(33,34)35)37-26-11-10-23(32)16-24(25)26)20(2)41(39-19)18-21-6-8-22(9-7-21)29(42)36-12-15-40-13-4-3-5-14-40/h6-11,16-17H,3-5,12-15,18H2,1-2H3,(H,36,42)(H,38,43). The Morgan fingerprint density at radius 2 is 1.70 bits per heavy atom. The predicted molar refractivity (Wildman–Crippen MR) is 162 cm³/mol. The Morgan fingerprint density at radius 3 is 2.40 bits per heavy atom. The number of hydrogen-bond acceptors (Lipinski definition) is 5. The lowest BCUT2D eigenvalue weighted by Crippen LogP contribution is -2.37. The van der Waals surface area contributed by atoms with Crippen LogP contribution in [-0.4, -0.2) is 57.7 Å². The molecule has 5 rings (SSSR count). The first kappa shape index (κ1) is 30.7. The molecule has 0 radical (unpaired) electrons. The van der Waals surface area contributed by atoms with Crippen molar-refractivity contribution in [1.82, 2.24) is 25.0 Å². The van der Waals surface area contributed by atoms with Crippen molar-refractivity contribution in [2.75, 3.05) is 31.5 Å². The minimum Gasteiger partial charge on any atom is -0.351 e. The molecule has 1 aliphatic rings. The average molecular weight is 658 g/mol. The molecule has 2 N–H and O–H groups in total. The fraction of sp³-hybridized carbons (Fsp3) is 0.355. The molecular weight excluding hydrogens is 625 g/mol. The number of nitrogens with one attached hydrogen (secondary N) is 2. The van der Waals surface area contributed by atoms with Crippen molar-refractivity contribution in [3.63, 3.8) is 0 Å². The van der Waals surface area contributed by atoms with Gasteiger partial charge in [-0.3, -0.25) is 14.3 Å². The minimum atomic E-state index is -4.71. The largest absolute Gasteiger partial charge is 0.433 e. The number of amides is 2. The highest BCUT2D eigenvalue weighted by molar-refractivity contribution is 9.10. The van der Waals surface area contributed by atoms with Crippen LogP contribution in [0.1, 0.15) is 62.6 Å². The van der Waals surface area contributed by atoms with E-state index in [4.69, 9.17) is 0 Å². The van der Waals surface area contributed by atoms with Gasteiger partial charge in [-0.15, -0.1) is 0 Å². The number of piperidine rings is 1. The van der Waals surface area contributed by atoms with Crippen molar-refractivity contribution in [1.29, 1.82) is 0 Å². The Balaban J connectivity index is 1.27. The Hall–Kier alpha value is -3.77. The molecule has 226 valence electrons. The van der Waals surface area contributed by atoms with Gasteiger partial charge in [-0.05, 0) is 81.7 Å². The molecule has 0 bridgehead atoms. The molecule has 0 unspecified atom stereocenters. The number of carbonyl (C=O) groups excluding carboxylic acids is 2. The zero-order chi connectivity index (χ0) is 30.7. The number of rotatable bonds is 8. The molecule has 1 aliphatic heterocycles. The number of fused-ring (bicyclic) bond motifs is 1. The van der Waals surface area contributed by atoms with Gasteiger partial charge >= 0.3 is 6.18 Å². The van der Waals surface area contributed by atoms with Gasteiger partial charge in [-0.25, -0.2) is 4.98 Å². The SMILES string of the molecule is Cc1nn(Cc2ccc(C(=O)NCCN3CCCCC3)cc2)c(C)c1NC(=O)c1cc(C(F)(F)F)nc2ccc(Br)cc12. The van der Waals surface area contributed by atoms with Gasteiger partial charge in [0.05, 0.1) is 34.7 Å². The molecule has 1 fully saturated rings. The number of aryl methyl sites for hydroxylation is 1. The zero-order valence-corrected chi connectivity index (χ0v) is 25.5. The van der Waals surface area contributed by atoms with Crippen LogP contribution in [0.25, 0.3) is 10.9 Å². The fourth-order valence-corrected chi connectivity index (χ4v) is 5.65. The molecule has 2 aromatic carbocycles. The molecule has 0 atom stereocenters. The van der Waals surface area contributed by atoms with E-state index in [1.807, 2.05) is 12.1 Å². The Morgan fingerprint density at radius 1 is 0.977 bits per heavy atom. The first-order valence-electron chi connectivity index (χ1n) is 14.1. The van der Waals surface area contributed by atoms with Gasteiger partial charge in [0.25, 0.3) is 11.8 Å². The van der Waals surface area contributed by atoms with Crippen LogP contribution in [-0.2, 0) is 12.7 Å². The number of hydrogen-bond donors (Lipinski definition) is 2. The number of nitrogens with zero attached hydrogens (tertiary/aromatic N) is 4. The van der Waals surface area contributed by atoms with E-state index in [2.05, 4.69) is 41.5 Å². The number of likely N-dealkylation sites (tertiary alicyclic amines) is 1. The summed E-state index contributed by atoms with van der Waals surface area (Å²) in [5.74, 6) is -0.818. The van der Waals surface area contributed by atoms with Crippen LogP contribution in [0.15, 0.2) is 53.0 Å². The topological polar surface area (TPSA) is 92.2 Å². The number of aromatic nitrogens is 3. The molecule has 1 saturated heterocycles. The van der Waals surface area contributed by atoms with Crippen molar-refractivity contribution in [2.45, 2.75) is 45.8 Å². The minimum absolute atomic E-state index is 0.0615. The van der Waals surface area contributed by atoms with E-state index >= 15 is 0 Å². The quantitative estimate of drug-likeness (QED) is 0.231. The van der Waals surface area contributed by atoms with Gasteiger partial charge in [-0.1, -0.05) is 34.5 Å². The first-order valence-corrected chi connectivity index (χ1v) is 14.9. The van der Waals surface area contributed by atoms with Crippen LogP contribution < -0.4 is 10.6 Å². The van der Waals surface area contributed by atoms with Crippen molar-refractivity contribution >= 4 is 44.3 Å².